The fourth-order valence-corrected chi connectivity index (χ4v) is 5.84. The maximum atomic E-state index is 13.3. The number of aromatic nitrogens is 1. The van der Waals surface area contributed by atoms with Gasteiger partial charge in [0.1, 0.15) is 5.00 Å². The summed E-state index contributed by atoms with van der Waals surface area (Å²) in [4.78, 5) is 16.8. The second kappa shape index (κ2) is 6.82. The minimum atomic E-state index is -0.0345. The minimum Gasteiger partial charge on any atom is -0.312 e. The van der Waals surface area contributed by atoms with Crippen LogP contribution in [0, 0.1) is 6.92 Å². The van der Waals surface area contributed by atoms with E-state index in [2.05, 4.69) is 42.1 Å². The summed E-state index contributed by atoms with van der Waals surface area (Å²) in [5.74, 6) is 0. The van der Waals surface area contributed by atoms with Crippen molar-refractivity contribution in [1.82, 2.24) is 9.47 Å². The number of amides is 2. The summed E-state index contributed by atoms with van der Waals surface area (Å²) in [7, 11) is 0. The van der Waals surface area contributed by atoms with Crippen molar-refractivity contribution < 1.29 is 4.79 Å². The highest BCUT2D eigenvalue weighted by Gasteiger charge is 2.32. The summed E-state index contributed by atoms with van der Waals surface area (Å²) < 4.78 is 2.31. The fraction of sp³-hybridized carbons (Fsp3) is 0.348. The second-order valence-electron chi connectivity index (χ2n) is 7.90. The normalized spacial score (nSPS) is 18.1. The molecule has 28 heavy (non-hydrogen) atoms. The van der Waals surface area contributed by atoms with Gasteiger partial charge in [0.05, 0.1) is 12.6 Å². The van der Waals surface area contributed by atoms with Gasteiger partial charge in [-0.05, 0) is 69.4 Å². The van der Waals surface area contributed by atoms with Crippen molar-refractivity contribution in [2.75, 3.05) is 5.32 Å². The highest BCUT2D eigenvalue weighted by molar-refractivity contribution is 7.15. The van der Waals surface area contributed by atoms with E-state index in [1.165, 1.54) is 51.5 Å². The topological polar surface area (TPSA) is 37.3 Å². The van der Waals surface area contributed by atoms with E-state index < -0.39 is 0 Å². The number of carbonyl (C=O) groups excluding carboxylic acids is 1. The van der Waals surface area contributed by atoms with Crippen molar-refractivity contribution in [3.05, 3.63) is 69.9 Å². The molecule has 4 nitrogen and oxygen atoms in total. The Kier molecular flexibility index (Phi) is 4.27. The average Bonchev–Trinajstić information content (AvgIpc) is 3.29. The first-order valence-corrected chi connectivity index (χ1v) is 10.9. The Hall–Kier alpha value is -2.53. The van der Waals surface area contributed by atoms with Gasteiger partial charge in [0.2, 0.25) is 0 Å². The van der Waals surface area contributed by atoms with Crippen LogP contribution >= 0.6 is 11.3 Å². The number of anilines is 1. The summed E-state index contributed by atoms with van der Waals surface area (Å²) in [6.07, 6.45) is 6.99. The smallest absolute Gasteiger partial charge is 0.312 e. The Labute approximate surface area is 169 Å². The molecule has 0 saturated heterocycles. The van der Waals surface area contributed by atoms with Crippen LogP contribution in [0.2, 0.25) is 0 Å². The van der Waals surface area contributed by atoms with Gasteiger partial charge in [-0.25, -0.2) is 4.79 Å². The summed E-state index contributed by atoms with van der Waals surface area (Å²) >= 11 is 1.92. The lowest BCUT2D eigenvalue weighted by atomic mass is 9.95. The predicted molar refractivity (Wildman–Crippen MR) is 114 cm³/mol. The zero-order chi connectivity index (χ0) is 19.3. The number of nitrogens with one attached hydrogen (secondary N) is 1. The van der Waals surface area contributed by atoms with Crippen LogP contribution in [0.15, 0.2) is 42.6 Å². The van der Waals surface area contributed by atoms with E-state index in [9.17, 15) is 4.79 Å². The molecule has 3 heterocycles. The molecule has 1 aliphatic carbocycles. The van der Waals surface area contributed by atoms with Crippen LogP contribution in [0.25, 0.3) is 5.00 Å². The number of nitrogens with zero attached hydrogens (tertiary/aromatic N) is 2. The van der Waals surface area contributed by atoms with E-state index in [0.717, 1.165) is 12.1 Å². The van der Waals surface area contributed by atoms with Crippen molar-refractivity contribution in [2.24, 2.45) is 0 Å². The van der Waals surface area contributed by atoms with Crippen molar-refractivity contribution >= 4 is 23.1 Å². The molecular weight excluding hydrogens is 366 g/mol. The van der Waals surface area contributed by atoms with Gasteiger partial charge in [-0.1, -0.05) is 17.7 Å². The minimum absolute atomic E-state index is 0.0132. The van der Waals surface area contributed by atoms with Crippen molar-refractivity contribution in [3.63, 3.8) is 0 Å². The van der Waals surface area contributed by atoms with Crippen LogP contribution in [0.4, 0.5) is 10.5 Å². The first-order valence-electron chi connectivity index (χ1n) is 10.1. The molecule has 0 spiro atoms. The Morgan fingerprint density at radius 2 is 1.89 bits per heavy atom. The van der Waals surface area contributed by atoms with Crippen molar-refractivity contribution in [3.8, 4) is 5.00 Å². The highest BCUT2D eigenvalue weighted by Crippen LogP contribution is 2.42. The third-order valence-corrected chi connectivity index (χ3v) is 7.38. The Morgan fingerprint density at radius 1 is 1.11 bits per heavy atom. The molecule has 0 saturated carbocycles. The summed E-state index contributed by atoms with van der Waals surface area (Å²) in [6, 6.07) is 12.2. The molecule has 1 aromatic carbocycles. The summed E-state index contributed by atoms with van der Waals surface area (Å²) in [5, 5.41) is 4.41. The molecule has 1 N–H and O–H groups in total. The number of thiophene rings is 1. The fourth-order valence-electron chi connectivity index (χ4n) is 4.44. The lowest BCUT2D eigenvalue weighted by Crippen LogP contribution is -2.36. The zero-order valence-corrected chi connectivity index (χ0v) is 17.2. The number of urea groups is 1. The molecule has 0 radical (unpaired) electrons. The first-order chi connectivity index (χ1) is 13.6. The van der Waals surface area contributed by atoms with Gasteiger partial charge in [0.25, 0.3) is 0 Å². The molecule has 2 aliphatic rings. The van der Waals surface area contributed by atoms with Gasteiger partial charge < -0.3 is 14.8 Å². The largest absolute Gasteiger partial charge is 0.322 e. The van der Waals surface area contributed by atoms with Crippen LogP contribution in [0.1, 0.15) is 53.1 Å². The van der Waals surface area contributed by atoms with Gasteiger partial charge in [-0.15, -0.1) is 11.3 Å². The van der Waals surface area contributed by atoms with E-state index in [1.54, 1.807) is 0 Å². The first kappa shape index (κ1) is 17.6. The average molecular weight is 392 g/mol. The van der Waals surface area contributed by atoms with Crippen molar-refractivity contribution in [2.45, 2.75) is 52.1 Å². The third-order valence-electron chi connectivity index (χ3n) is 6.05. The maximum absolute atomic E-state index is 13.3. The predicted octanol–water partition coefficient (Wildman–Crippen LogP) is 5.83. The summed E-state index contributed by atoms with van der Waals surface area (Å²) in [6.45, 7) is 4.85. The van der Waals surface area contributed by atoms with Crippen LogP contribution < -0.4 is 5.32 Å². The Balaban J connectivity index is 1.54. The van der Waals surface area contributed by atoms with Crippen LogP contribution in [0.3, 0.4) is 0 Å². The third kappa shape index (κ3) is 2.85. The standard InChI is InChI=1S/C23H25N3OS/c1-15-9-11-17(12-10-15)24-23(27)26-14-19-18-6-3-4-8-21(18)28-22(19)25-13-5-7-20(25)16(26)2/h5,7,9-13,16H,3-4,6,8,14H2,1-2H3,(H,24,27)/t16-/m1/s1. The van der Waals surface area contributed by atoms with Crippen LogP contribution in [0.5, 0.6) is 0 Å². The molecule has 144 valence electrons. The molecule has 2 aromatic heterocycles. The lowest BCUT2D eigenvalue weighted by molar-refractivity contribution is 0.189. The Bertz CT molecular complexity index is 1030. The molecule has 3 aromatic rings. The van der Waals surface area contributed by atoms with Gasteiger partial charge in [-0.3, -0.25) is 0 Å². The monoisotopic (exact) mass is 391 g/mol. The number of fused-ring (bicyclic) bond motifs is 5. The van der Waals surface area contributed by atoms with Gasteiger partial charge >= 0.3 is 6.03 Å². The molecule has 0 fully saturated rings. The molecule has 5 rings (SSSR count). The number of hydrogen-bond acceptors (Lipinski definition) is 2. The highest BCUT2D eigenvalue weighted by atomic mass is 32.1. The van der Waals surface area contributed by atoms with E-state index in [0.29, 0.717) is 6.54 Å². The maximum Gasteiger partial charge on any atom is 0.322 e. The molecule has 0 unspecified atom stereocenters. The molecule has 1 atom stereocenters. The quantitative estimate of drug-likeness (QED) is 0.556. The van der Waals surface area contributed by atoms with Crippen LogP contribution in [-0.4, -0.2) is 15.5 Å². The Morgan fingerprint density at radius 3 is 2.71 bits per heavy atom. The van der Waals surface area contributed by atoms with E-state index in [-0.39, 0.29) is 12.1 Å². The SMILES string of the molecule is Cc1ccc(NC(=O)N2Cc3c(sc4c3CCCC4)-n3cccc3[C@H]2C)cc1. The number of carbonyl (C=O) groups is 1. The number of aryl methyl sites for hydroxylation is 2. The molecule has 2 amide bonds. The van der Waals surface area contributed by atoms with E-state index >= 15 is 0 Å². The molecular formula is C23H25N3OS. The van der Waals surface area contributed by atoms with Gasteiger partial charge in [0.15, 0.2) is 0 Å². The number of benzene rings is 1. The molecule has 0 bridgehead atoms. The van der Waals surface area contributed by atoms with Crippen LogP contribution in [-0.2, 0) is 19.4 Å². The van der Waals surface area contributed by atoms with Gasteiger partial charge in [0, 0.05) is 28.0 Å². The molecule has 5 heteroatoms. The lowest BCUT2D eigenvalue weighted by Gasteiger charge is -2.28. The van der Waals surface area contributed by atoms with Crippen molar-refractivity contribution in [1.29, 1.82) is 0 Å². The second-order valence-corrected chi connectivity index (χ2v) is 8.98. The number of rotatable bonds is 1. The summed E-state index contributed by atoms with van der Waals surface area (Å²) in [5.41, 5.74) is 6.05. The molecule has 1 aliphatic heterocycles. The zero-order valence-electron chi connectivity index (χ0n) is 16.4. The van der Waals surface area contributed by atoms with E-state index in [1.807, 2.05) is 40.5 Å². The number of hydrogen-bond donors (Lipinski definition) is 1. The van der Waals surface area contributed by atoms with E-state index in [4.69, 9.17) is 0 Å². The van der Waals surface area contributed by atoms with Gasteiger partial charge in [-0.2, -0.15) is 0 Å².